The van der Waals surface area contributed by atoms with Crippen molar-refractivity contribution in [1.29, 1.82) is 0 Å². The molecule has 1 aliphatic carbocycles. The van der Waals surface area contributed by atoms with E-state index >= 15 is 0 Å². The molecule has 0 amide bonds. The first kappa shape index (κ1) is 16.8. The van der Waals surface area contributed by atoms with Crippen molar-refractivity contribution in [3.63, 3.8) is 0 Å². The Morgan fingerprint density at radius 2 is 1.84 bits per heavy atom. The number of phenols is 1. The fraction of sp³-hybridized carbons (Fsp3) is 0.150. The lowest BCUT2D eigenvalue weighted by molar-refractivity contribution is 0.142. The molecule has 2 N–H and O–H groups in total. The summed E-state index contributed by atoms with van der Waals surface area (Å²) in [7, 11) is 1.65. The molecule has 2 aromatic rings. The molecule has 5 heteroatoms. The maximum atomic E-state index is 11.2. The minimum absolute atomic E-state index is 0.0212. The second-order valence-electron chi connectivity index (χ2n) is 5.63. The molecular weight excluding hydrogens is 320 g/mol. The van der Waals surface area contributed by atoms with E-state index in [1.807, 2.05) is 30.4 Å². The molecule has 0 saturated heterocycles. The van der Waals surface area contributed by atoms with Gasteiger partial charge in [-0.15, -0.1) is 0 Å². The molecule has 0 heterocycles. The van der Waals surface area contributed by atoms with E-state index in [1.165, 1.54) is 0 Å². The van der Waals surface area contributed by atoms with Crippen molar-refractivity contribution in [2.24, 2.45) is 0 Å². The van der Waals surface area contributed by atoms with E-state index in [9.17, 15) is 9.90 Å². The minimum atomic E-state index is -1.37. The van der Waals surface area contributed by atoms with Crippen molar-refractivity contribution in [2.75, 3.05) is 7.11 Å². The zero-order valence-electron chi connectivity index (χ0n) is 13.7. The van der Waals surface area contributed by atoms with Crippen LogP contribution in [0.25, 0.3) is 16.7 Å². The lowest BCUT2D eigenvalue weighted by Crippen LogP contribution is -2.10. The van der Waals surface area contributed by atoms with Crippen LogP contribution in [0.2, 0.25) is 0 Å². The van der Waals surface area contributed by atoms with Crippen molar-refractivity contribution in [1.82, 2.24) is 0 Å². The van der Waals surface area contributed by atoms with Gasteiger partial charge in [0.25, 0.3) is 0 Å². The summed E-state index contributed by atoms with van der Waals surface area (Å²) in [6.07, 6.45) is 5.20. The number of benzene rings is 2. The Bertz CT molecular complexity index is 834. The Morgan fingerprint density at radius 3 is 2.44 bits per heavy atom. The Balaban J connectivity index is 2.08. The molecule has 0 spiro atoms. The van der Waals surface area contributed by atoms with Crippen LogP contribution in [-0.4, -0.2) is 29.6 Å². The van der Waals surface area contributed by atoms with Crippen LogP contribution in [0.3, 0.4) is 0 Å². The van der Waals surface area contributed by atoms with Gasteiger partial charge in [0.2, 0.25) is 0 Å². The smallest absolute Gasteiger partial charge is 0.508 e. The molecule has 0 bridgehead atoms. The molecule has 1 atom stereocenters. The van der Waals surface area contributed by atoms with E-state index < -0.39 is 6.16 Å². The van der Waals surface area contributed by atoms with Gasteiger partial charge in [-0.05, 0) is 29.7 Å². The maximum Gasteiger partial charge on any atom is 0.511 e. The van der Waals surface area contributed by atoms with Gasteiger partial charge in [-0.1, -0.05) is 48.6 Å². The summed E-state index contributed by atoms with van der Waals surface area (Å²) in [4.78, 5) is 11.2. The van der Waals surface area contributed by atoms with Crippen molar-refractivity contribution in [3.8, 4) is 22.6 Å². The number of carbonyl (C=O) groups is 1. The van der Waals surface area contributed by atoms with Crippen molar-refractivity contribution in [2.45, 2.75) is 12.5 Å². The van der Waals surface area contributed by atoms with Crippen molar-refractivity contribution >= 4 is 11.7 Å². The Hall–Kier alpha value is -3.05. The molecule has 0 fully saturated rings. The molecule has 0 radical (unpaired) electrons. The fourth-order valence-corrected chi connectivity index (χ4v) is 2.81. The van der Waals surface area contributed by atoms with E-state index in [4.69, 9.17) is 14.6 Å². The van der Waals surface area contributed by atoms with E-state index in [2.05, 4.69) is 0 Å². The molecule has 0 aliphatic heterocycles. The number of methoxy groups -OCH3 is 1. The monoisotopic (exact) mass is 338 g/mol. The second kappa shape index (κ2) is 7.23. The Morgan fingerprint density at radius 1 is 1.12 bits per heavy atom. The van der Waals surface area contributed by atoms with E-state index in [0.717, 1.165) is 11.1 Å². The van der Waals surface area contributed by atoms with Crippen LogP contribution >= 0.6 is 0 Å². The molecule has 0 saturated carbocycles. The number of hydrogen-bond donors (Lipinski definition) is 2. The molecule has 1 unspecified atom stereocenters. The summed E-state index contributed by atoms with van der Waals surface area (Å²) in [5, 5.41) is 18.6. The molecule has 25 heavy (non-hydrogen) atoms. The number of phenolic OH excluding ortho intramolecular Hbond substituents is 1. The first-order valence-corrected chi connectivity index (χ1v) is 7.83. The fourth-order valence-electron chi connectivity index (χ4n) is 2.81. The van der Waals surface area contributed by atoms with Crippen LogP contribution in [-0.2, 0) is 4.74 Å². The van der Waals surface area contributed by atoms with E-state index in [1.54, 1.807) is 37.4 Å². The van der Waals surface area contributed by atoms with Crippen molar-refractivity contribution in [3.05, 3.63) is 66.3 Å². The summed E-state index contributed by atoms with van der Waals surface area (Å²) in [5.41, 5.74) is 2.97. The number of rotatable bonds is 4. The summed E-state index contributed by atoms with van der Waals surface area (Å²) in [6.45, 7) is 0. The zero-order valence-corrected chi connectivity index (χ0v) is 13.7. The van der Waals surface area contributed by atoms with E-state index in [0.29, 0.717) is 17.5 Å². The molecule has 3 rings (SSSR count). The van der Waals surface area contributed by atoms with Crippen molar-refractivity contribution < 1.29 is 24.5 Å². The first-order valence-electron chi connectivity index (χ1n) is 7.83. The predicted octanol–water partition coefficient (Wildman–Crippen LogP) is 4.47. The third-order valence-corrected chi connectivity index (χ3v) is 4.06. The van der Waals surface area contributed by atoms with Gasteiger partial charge in [0.15, 0.2) is 0 Å². The largest absolute Gasteiger partial charge is 0.511 e. The number of allylic oxidation sites excluding steroid dienone is 2. The molecule has 0 aromatic heterocycles. The van der Waals surface area contributed by atoms with Crippen LogP contribution in [0.5, 0.6) is 11.5 Å². The van der Waals surface area contributed by atoms with Gasteiger partial charge in [-0.25, -0.2) is 4.79 Å². The molecular formula is C20H18O5. The van der Waals surface area contributed by atoms with Gasteiger partial charge in [0.1, 0.15) is 11.5 Å². The quantitative estimate of drug-likeness (QED) is 0.635. The number of carboxylic acid groups (broad SMARTS) is 1. The van der Waals surface area contributed by atoms with Gasteiger partial charge in [0, 0.05) is 18.2 Å². The number of aromatic hydroxyl groups is 1. The van der Waals surface area contributed by atoms with Gasteiger partial charge < -0.3 is 19.7 Å². The SMILES string of the molecule is COC1C=CC(c2cccc(-c3ccc(O)cc3)c2OC(=O)O)=CC1. The number of para-hydroxylation sites is 1. The van der Waals surface area contributed by atoms with Crippen LogP contribution in [0.15, 0.2) is 60.7 Å². The summed E-state index contributed by atoms with van der Waals surface area (Å²) in [6, 6.07) is 12.0. The Labute approximate surface area is 145 Å². The highest BCUT2D eigenvalue weighted by Crippen LogP contribution is 2.38. The standard InChI is InChI=1S/C20H18O5/c1-24-16-11-7-14(8-12-16)18-4-2-3-17(19(18)25-20(22)23)13-5-9-15(21)10-6-13/h2-11,16,21H,12H2,1H3,(H,22,23). The minimum Gasteiger partial charge on any atom is -0.508 e. The molecule has 128 valence electrons. The van der Waals surface area contributed by atoms with Crippen LogP contribution < -0.4 is 4.74 Å². The van der Waals surface area contributed by atoms with Crippen LogP contribution in [0, 0.1) is 0 Å². The summed E-state index contributed by atoms with van der Waals surface area (Å²) >= 11 is 0. The average molecular weight is 338 g/mol. The first-order chi connectivity index (χ1) is 12.1. The lowest BCUT2D eigenvalue weighted by Gasteiger charge is -2.18. The number of hydrogen-bond acceptors (Lipinski definition) is 4. The van der Waals surface area contributed by atoms with Gasteiger partial charge in [-0.2, -0.15) is 0 Å². The topological polar surface area (TPSA) is 76.0 Å². The maximum absolute atomic E-state index is 11.2. The summed E-state index contributed by atoms with van der Waals surface area (Å²) < 4.78 is 10.4. The van der Waals surface area contributed by atoms with Gasteiger partial charge >= 0.3 is 6.16 Å². The highest BCUT2D eigenvalue weighted by molar-refractivity contribution is 5.86. The second-order valence-corrected chi connectivity index (χ2v) is 5.63. The number of ether oxygens (including phenoxy) is 2. The summed E-state index contributed by atoms with van der Waals surface area (Å²) in [5.74, 6) is 0.414. The third kappa shape index (κ3) is 3.72. The van der Waals surface area contributed by atoms with Crippen LogP contribution in [0.4, 0.5) is 4.79 Å². The predicted molar refractivity (Wildman–Crippen MR) is 94.7 cm³/mol. The highest BCUT2D eigenvalue weighted by Gasteiger charge is 2.18. The molecule has 2 aromatic carbocycles. The van der Waals surface area contributed by atoms with Gasteiger partial charge in [0.05, 0.1) is 6.10 Å². The Kier molecular flexibility index (Phi) is 4.86. The molecule has 1 aliphatic rings. The zero-order chi connectivity index (χ0) is 17.8. The molecule has 5 nitrogen and oxygen atoms in total. The normalized spacial score (nSPS) is 16.4. The van der Waals surface area contributed by atoms with Gasteiger partial charge in [-0.3, -0.25) is 0 Å². The average Bonchev–Trinajstić information content (AvgIpc) is 2.62. The lowest BCUT2D eigenvalue weighted by atomic mass is 9.93. The highest BCUT2D eigenvalue weighted by atomic mass is 16.7. The van der Waals surface area contributed by atoms with Crippen LogP contribution in [0.1, 0.15) is 12.0 Å². The third-order valence-electron chi connectivity index (χ3n) is 4.06. The van der Waals surface area contributed by atoms with E-state index in [-0.39, 0.29) is 17.6 Å².